The Morgan fingerprint density at radius 3 is 3.00 bits per heavy atom. The van der Waals surface area contributed by atoms with E-state index in [1.807, 2.05) is 12.5 Å². The van der Waals surface area contributed by atoms with Gasteiger partial charge in [-0.3, -0.25) is 0 Å². The van der Waals surface area contributed by atoms with Crippen LogP contribution in [0.5, 0.6) is 0 Å². The summed E-state index contributed by atoms with van der Waals surface area (Å²) in [6.07, 6.45) is 3.64. The first-order chi connectivity index (χ1) is 7.27. The lowest BCUT2D eigenvalue weighted by Gasteiger charge is -2.16. The van der Waals surface area contributed by atoms with Crippen molar-refractivity contribution in [3.8, 4) is 0 Å². The van der Waals surface area contributed by atoms with Gasteiger partial charge in [-0.25, -0.2) is 4.98 Å². The predicted octanol–water partition coefficient (Wildman–Crippen LogP) is -0.0800. The van der Waals surface area contributed by atoms with Crippen molar-refractivity contribution in [1.82, 2.24) is 14.5 Å². The van der Waals surface area contributed by atoms with Gasteiger partial charge in [-0.1, -0.05) is 0 Å². The third-order valence-electron chi connectivity index (χ3n) is 2.41. The number of rotatable bonds is 7. The molecule has 0 fully saturated rings. The molecule has 1 heterocycles. The molecule has 0 aliphatic heterocycles. The van der Waals surface area contributed by atoms with Crippen molar-refractivity contribution in [3.63, 3.8) is 0 Å². The Bertz CT molecular complexity index is 274. The number of ether oxygens (including phenoxy) is 1. The maximum absolute atomic E-state index is 5.59. The maximum Gasteiger partial charge on any atom is 0.0949 e. The van der Waals surface area contributed by atoms with Crippen LogP contribution in [0, 0.1) is 0 Å². The minimum Gasteiger partial charge on any atom is -0.383 e. The summed E-state index contributed by atoms with van der Waals surface area (Å²) in [5.74, 6) is 0. The van der Waals surface area contributed by atoms with E-state index >= 15 is 0 Å². The maximum atomic E-state index is 5.59. The van der Waals surface area contributed by atoms with Gasteiger partial charge in [0.2, 0.25) is 0 Å². The predicted molar refractivity (Wildman–Crippen MR) is 59.5 cm³/mol. The third-order valence-corrected chi connectivity index (χ3v) is 2.41. The molecule has 0 aromatic carbocycles. The third kappa shape index (κ3) is 3.99. The van der Waals surface area contributed by atoms with Crippen molar-refractivity contribution < 1.29 is 4.74 Å². The van der Waals surface area contributed by atoms with Crippen LogP contribution in [0.4, 0.5) is 0 Å². The van der Waals surface area contributed by atoms with Crippen LogP contribution in [0.25, 0.3) is 0 Å². The average Bonchev–Trinajstić information content (AvgIpc) is 2.70. The Hall–Kier alpha value is -0.910. The molecule has 1 rings (SSSR count). The van der Waals surface area contributed by atoms with E-state index in [1.54, 1.807) is 7.11 Å². The molecule has 0 aliphatic carbocycles. The van der Waals surface area contributed by atoms with E-state index in [4.69, 9.17) is 10.5 Å². The van der Waals surface area contributed by atoms with Crippen molar-refractivity contribution in [2.24, 2.45) is 5.73 Å². The van der Waals surface area contributed by atoms with Crippen LogP contribution in [0.1, 0.15) is 5.69 Å². The van der Waals surface area contributed by atoms with Crippen LogP contribution >= 0.6 is 0 Å². The Labute approximate surface area is 90.8 Å². The fourth-order valence-corrected chi connectivity index (χ4v) is 1.36. The van der Waals surface area contributed by atoms with E-state index in [9.17, 15) is 0 Å². The zero-order chi connectivity index (χ0) is 11.1. The summed E-state index contributed by atoms with van der Waals surface area (Å²) < 4.78 is 7.10. The van der Waals surface area contributed by atoms with Crippen LogP contribution in [0.3, 0.4) is 0 Å². The summed E-state index contributed by atoms with van der Waals surface area (Å²) in [6.45, 7) is 4.16. The number of methoxy groups -OCH3 is 1. The fourth-order valence-electron chi connectivity index (χ4n) is 1.36. The first-order valence-electron chi connectivity index (χ1n) is 5.14. The summed E-state index contributed by atoms with van der Waals surface area (Å²) in [5.41, 5.74) is 6.67. The highest BCUT2D eigenvalue weighted by Crippen LogP contribution is 1.98. The van der Waals surface area contributed by atoms with Crippen LogP contribution in [-0.2, 0) is 17.8 Å². The summed E-state index contributed by atoms with van der Waals surface area (Å²) in [5, 5.41) is 0. The second-order valence-corrected chi connectivity index (χ2v) is 3.58. The summed E-state index contributed by atoms with van der Waals surface area (Å²) in [4.78, 5) is 6.30. The second kappa shape index (κ2) is 6.55. The molecular formula is C10H20N4O. The highest BCUT2D eigenvalue weighted by molar-refractivity contribution is 4.97. The Morgan fingerprint density at radius 1 is 1.53 bits per heavy atom. The standard InChI is InChI=1S/C10H20N4O/c1-13(5-6-15-2)3-4-14-9-12-8-10(14)7-11/h8-9H,3-7,11H2,1-2H3. The van der Waals surface area contributed by atoms with Gasteiger partial charge in [0.1, 0.15) is 0 Å². The molecule has 0 bridgehead atoms. The molecule has 1 aromatic rings. The van der Waals surface area contributed by atoms with Crippen LogP contribution in [-0.4, -0.2) is 48.3 Å². The second-order valence-electron chi connectivity index (χ2n) is 3.58. The van der Waals surface area contributed by atoms with Gasteiger partial charge < -0.3 is 19.9 Å². The SMILES string of the molecule is COCCN(C)CCn1cncc1CN. The molecule has 0 saturated carbocycles. The normalized spacial score (nSPS) is 11.2. The number of imidazole rings is 1. The van der Waals surface area contributed by atoms with Gasteiger partial charge in [-0.15, -0.1) is 0 Å². The number of hydrogen-bond acceptors (Lipinski definition) is 4. The lowest BCUT2D eigenvalue weighted by Crippen LogP contribution is -2.27. The summed E-state index contributed by atoms with van der Waals surface area (Å²) in [7, 11) is 3.80. The van der Waals surface area contributed by atoms with E-state index < -0.39 is 0 Å². The van der Waals surface area contributed by atoms with Crippen LogP contribution in [0.15, 0.2) is 12.5 Å². The molecule has 0 saturated heterocycles. The van der Waals surface area contributed by atoms with E-state index in [2.05, 4.69) is 21.5 Å². The van der Waals surface area contributed by atoms with E-state index in [0.29, 0.717) is 6.54 Å². The Kier molecular flexibility index (Phi) is 5.31. The zero-order valence-corrected chi connectivity index (χ0v) is 9.52. The van der Waals surface area contributed by atoms with E-state index in [1.165, 1.54) is 0 Å². The quantitative estimate of drug-likeness (QED) is 0.687. The number of nitrogens with two attached hydrogens (primary N) is 1. The van der Waals surface area contributed by atoms with Gasteiger partial charge in [-0.05, 0) is 7.05 Å². The molecule has 0 atom stereocenters. The van der Waals surface area contributed by atoms with E-state index in [-0.39, 0.29) is 0 Å². The molecule has 15 heavy (non-hydrogen) atoms. The van der Waals surface area contributed by atoms with Crippen molar-refractivity contribution >= 4 is 0 Å². The molecule has 5 nitrogen and oxygen atoms in total. The molecule has 0 unspecified atom stereocenters. The van der Waals surface area contributed by atoms with Gasteiger partial charge in [-0.2, -0.15) is 0 Å². The molecule has 0 radical (unpaired) electrons. The van der Waals surface area contributed by atoms with E-state index in [0.717, 1.165) is 31.9 Å². The zero-order valence-electron chi connectivity index (χ0n) is 9.52. The smallest absolute Gasteiger partial charge is 0.0949 e. The average molecular weight is 212 g/mol. The van der Waals surface area contributed by atoms with Gasteiger partial charge >= 0.3 is 0 Å². The van der Waals surface area contributed by atoms with Gasteiger partial charge in [0.25, 0.3) is 0 Å². The minimum absolute atomic E-state index is 0.543. The van der Waals surface area contributed by atoms with Gasteiger partial charge in [0.15, 0.2) is 0 Å². The molecule has 86 valence electrons. The lowest BCUT2D eigenvalue weighted by molar-refractivity contribution is 0.159. The molecular weight excluding hydrogens is 192 g/mol. The number of likely N-dealkylation sites (N-methyl/N-ethyl adjacent to an activating group) is 1. The number of aromatic nitrogens is 2. The Morgan fingerprint density at radius 2 is 2.33 bits per heavy atom. The molecule has 2 N–H and O–H groups in total. The molecule has 0 amide bonds. The monoisotopic (exact) mass is 212 g/mol. The minimum atomic E-state index is 0.543. The number of hydrogen-bond donors (Lipinski definition) is 1. The molecule has 1 aromatic heterocycles. The van der Waals surface area contributed by atoms with Crippen LogP contribution < -0.4 is 5.73 Å². The van der Waals surface area contributed by atoms with Crippen molar-refractivity contribution in [2.45, 2.75) is 13.1 Å². The first kappa shape index (κ1) is 12.2. The molecule has 0 spiro atoms. The molecule has 0 aliphatic rings. The summed E-state index contributed by atoms with van der Waals surface area (Å²) in [6, 6.07) is 0. The Balaban J connectivity index is 2.30. The highest BCUT2D eigenvalue weighted by atomic mass is 16.5. The van der Waals surface area contributed by atoms with Crippen molar-refractivity contribution in [1.29, 1.82) is 0 Å². The van der Waals surface area contributed by atoms with Gasteiger partial charge in [0.05, 0.1) is 18.6 Å². The van der Waals surface area contributed by atoms with Crippen molar-refractivity contribution in [3.05, 3.63) is 18.2 Å². The molecule has 5 heteroatoms. The largest absolute Gasteiger partial charge is 0.383 e. The highest BCUT2D eigenvalue weighted by Gasteiger charge is 2.01. The number of nitrogens with zero attached hydrogens (tertiary/aromatic N) is 3. The van der Waals surface area contributed by atoms with Crippen molar-refractivity contribution in [2.75, 3.05) is 33.9 Å². The summed E-state index contributed by atoms with van der Waals surface area (Å²) >= 11 is 0. The fraction of sp³-hybridized carbons (Fsp3) is 0.700. The van der Waals surface area contributed by atoms with Crippen LogP contribution in [0.2, 0.25) is 0 Å². The first-order valence-corrected chi connectivity index (χ1v) is 5.14. The van der Waals surface area contributed by atoms with Gasteiger partial charge in [0, 0.05) is 39.5 Å². The topological polar surface area (TPSA) is 56.3 Å². The lowest BCUT2D eigenvalue weighted by atomic mass is 10.4.